The zero-order valence-corrected chi connectivity index (χ0v) is 38.8. The number of hydrazine groups is 1. The summed E-state index contributed by atoms with van der Waals surface area (Å²) in [5.74, 6) is 3.15. The van der Waals surface area contributed by atoms with Gasteiger partial charge in [-0.15, -0.1) is 0 Å². The number of ether oxygens (including phenoxy) is 2. The third-order valence-electron chi connectivity index (χ3n) is 13.7. The van der Waals surface area contributed by atoms with Crippen LogP contribution in [0.25, 0.3) is 33.3 Å². The van der Waals surface area contributed by atoms with Crippen LogP contribution < -0.4 is 10.7 Å². The van der Waals surface area contributed by atoms with Crippen molar-refractivity contribution in [3.8, 4) is 34.2 Å². The second-order valence-electron chi connectivity index (χ2n) is 19.4. The number of hydrogen-bond acceptors (Lipinski definition) is 9. The Labute approximate surface area is 381 Å². The van der Waals surface area contributed by atoms with Crippen molar-refractivity contribution in [2.24, 2.45) is 23.8 Å². The molecule has 3 fully saturated rings. The third-order valence-corrected chi connectivity index (χ3v) is 13.7. The summed E-state index contributed by atoms with van der Waals surface area (Å²) in [4.78, 5) is 77.7. The second kappa shape index (κ2) is 18.1. The van der Waals surface area contributed by atoms with Gasteiger partial charge in [-0.05, 0) is 97.9 Å². The van der Waals surface area contributed by atoms with Gasteiger partial charge in [-0.25, -0.2) is 5.43 Å². The molecule has 3 saturated heterocycles. The standard InChI is InChI=1S/C51H61N7O7/c1-9-13-42(59)56-28-51(29-56)20-23-57(49(51)63)44(31(2)3)46(60)53-40-25-33-14-10-15-34(24-33)35-18-19-41-37(26-35)38(45(55(41)7)36-16-11-21-52-43(36)32(4)64-8)27-50(5,6)30-65-48(62)39-17-12-22-58(54-39)47(40)61/h10-11,14-16,18-19,21,24,26,31-32,39-40,44,54H,12,17,20,22-23,25,27-30H2,1-8H3,(H,53,60)/t32-,39-,40-,44?/m0/s1. The average Bonchev–Trinajstić information content (AvgIpc) is 3.75. The van der Waals surface area contributed by atoms with E-state index in [4.69, 9.17) is 14.5 Å². The molecule has 2 aromatic carbocycles. The van der Waals surface area contributed by atoms with Gasteiger partial charge in [0.1, 0.15) is 18.1 Å². The van der Waals surface area contributed by atoms with E-state index in [0.717, 1.165) is 50.1 Å². The van der Waals surface area contributed by atoms with E-state index in [-0.39, 0.29) is 55.9 Å². The number of carbonyl (C=O) groups excluding carboxylic acids is 5. The molecule has 0 saturated carbocycles. The molecule has 2 N–H and O–H groups in total. The number of cyclic esters (lactones) is 1. The summed E-state index contributed by atoms with van der Waals surface area (Å²) in [6.45, 7) is 12.9. The van der Waals surface area contributed by atoms with Crippen LogP contribution in [0, 0.1) is 28.6 Å². The number of carbonyl (C=O) groups is 5. The van der Waals surface area contributed by atoms with E-state index in [1.165, 1.54) is 5.01 Å². The SMILES string of the molecule is CC#CC(=O)N1CC2(CCN(C(C(=O)N[C@H]3Cc4cccc(c4)-c4ccc5c(c4)c(c(-c4cccnc4[C@H](C)OC)n5C)CC(C)(C)COC(=O)[C@@H]4CCCN(N4)C3=O)C(C)C)C2=O)C1. The van der Waals surface area contributed by atoms with Gasteiger partial charge in [-0.2, -0.15) is 0 Å². The molecule has 4 aromatic rings. The van der Waals surface area contributed by atoms with E-state index < -0.39 is 40.8 Å². The summed E-state index contributed by atoms with van der Waals surface area (Å²) < 4.78 is 14.1. The molecule has 4 atom stereocenters. The van der Waals surface area contributed by atoms with E-state index in [1.54, 1.807) is 30.0 Å². The molecular formula is C51H61N7O7. The Morgan fingerprint density at radius 1 is 1.02 bits per heavy atom. The Bertz CT molecular complexity index is 2600. The summed E-state index contributed by atoms with van der Waals surface area (Å²) in [7, 11) is 3.75. The van der Waals surface area contributed by atoms with Gasteiger partial charge in [-0.3, -0.25) is 34.0 Å². The van der Waals surface area contributed by atoms with Crippen molar-refractivity contribution in [1.29, 1.82) is 0 Å². The number of methoxy groups -OCH3 is 1. The van der Waals surface area contributed by atoms with E-state index in [1.807, 2.05) is 39.0 Å². The highest BCUT2D eigenvalue weighted by Crippen LogP contribution is 2.43. The topological polar surface area (TPSA) is 155 Å². The molecule has 65 heavy (non-hydrogen) atoms. The summed E-state index contributed by atoms with van der Waals surface area (Å²) in [6, 6.07) is 15.8. The Kier molecular flexibility index (Phi) is 12.7. The van der Waals surface area contributed by atoms with E-state index >= 15 is 0 Å². The molecule has 1 spiro atoms. The Balaban J connectivity index is 1.16. The molecule has 8 rings (SSSR count). The largest absolute Gasteiger partial charge is 0.464 e. The Morgan fingerprint density at radius 2 is 1.78 bits per heavy atom. The fourth-order valence-corrected chi connectivity index (χ4v) is 10.3. The predicted octanol–water partition coefficient (Wildman–Crippen LogP) is 5.37. The lowest BCUT2D eigenvalue weighted by Gasteiger charge is -2.46. The molecule has 0 radical (unpaired) electrons. The number of hydrogen-bond donors (Lipinski definition) is 2. The monoisotopic (exact) mass is 883 g/mol. The molecule has 6 bridgehead atoms. The van der Waals surface area contributed by atoms with Crippen molar-refractivity contribution in [2.75, 3.05) is 39.9 Å². The number of benzene rings is 2. The molecule has 4 aliphatic rings. The summed E-state index contributed by atoms with van der Waals surface area (Å²) in [6.07, 6.45) is 3.81. The number of aromatic nitrogens is 2. The van der Waals surface area contributed by atoms with Crippen LogP contribution in [0.15, 0.2) is 60.8 Å². The van der Waals surface area contributed by atoms with E-state index in [9.17, 15) is 24.0 Å². The summed E-state index contributed by atoms with van der Waals surface area (Å²) in [5.41, 5.74) is 9.62. The number of pyridine rings is 1. The highest BCUT2D eigenvalue weighted by atomic mass is 16.5. The first-order valence-electron chi connectivity index (χ1n) is 22.8. The summed E-state index contributed by atoms with van der Waals surface area (Å²) >= 11 is 0. The van der Waals surface area contributed by atoms with Crippen molar-refractivity contribution < 1.29 is 33.4 Å². The van der Waals surface area contributed by atoms with Gasteiger partial charge in [0.25, 0.3) is 11.8 Å². The van der Waals surface area contributed by atoms with E-state index in [0.29, 0.717) is 38.8 Å². The second-order valence-corrected chi connectivity index (χ2v) is 19.4. The lowest BCUT2D eigenvalue weighted by Crippen LogP contribution is -2.64. The molecule has 6 heterocycles. The Morgan fingerprint density at radius 3 is 2.52 bits per heavy atom. The number of amides is 4. The van der Waals surface area contributed by atoms with Crippen LogP contribution in [0.4, 0.5) is 0 Å². The molecule has 0 aliphatic carbocycles. The number of nitrogens with one attached hydrogen (secondary N) is 2. The van der Waals surface area contributed by atoms with Crippen LogP contribution in [0.1, 0.15) is 83.7 Å². The highest BCUT2D eigenvalue weighted by Gasteiger charge is 2.58. The number of aryl methyl sites for hydroxylation is 1. The number of fused-ring (bicyclic) bond motifs is 6. The first kappa shape index (κ1) is 45.5. The minimum atomic E-state index is -1.04. The van der Waals surface area contributed by atoms with Crippen molar-refractivity contribution in [1.82, 2.24) is 35.1 Å². The van der Waals surface area contributed by atoms with Crippen LogP contribution in [-0.4, -0.2) is 112 Å². The van der Waals surface area contributed by atoms with Gasteiger partial charge in [-0.1, -0.05) is 63.9 Å². The Hall–Kier alpha value is -6.04. The lowest BCUT2D eigenvalue weighted by atomic mass is 9.78. The van der Waals surface area contributed by atoms with Gasteiger partial charge in [0.05, 0.1) is 29.5 Å². The molecule has 14 nitrogen and oxygen atoms in total. The lowest BCUT2D eigenvalue weighted by molar-refractivity contribution is -0.155. The normalized spacial score (nSPS) is 21.6. The molecule has 2 aromatic heterocycles. The number of rotatable bonds is 7. The smallest absolute Gasteiger partial charge is 0.324 e. The molecule has 4 amide bonds. The zero-order chi connectivity index (χ0) is 46.4. The van der Waals surface area contributed by atoms with Gasteiger partial charge < -0.3 is 29.2 Å². The minimum absolute atomic E-state index is 0.136. The van der Waals surface area contributed by atoms with Gasteiger partial charge >= 0.3 is 5.97 Å². The fraction of sp³-hybridized carbons (Fsp3) is 0.490. The minimum Gasteiger partial charge on any atom is -0.464 e. The van der Waals surface area contributed by atoms with E-state index in [2.05, 4.69) is 84.4 Å². The van der Waals surface area contributed by atoms with Gasteiger partial charge in [0.15, 0.2) is 0 Å². The zero-order valence-electron chi connectivity index (χ0n) is 38.8. The highest BCUT2D eigenvalue weighted by molar-refractivity contribution is 5.99. The number of nitrogens with zero attached hydrogens (tertiary/aromatic N) is 5. The van der Waals surface area contributed by atoms with Crippen LogP contribution in [-0.2, 0) is 53.3 Å². The summed E-state index contributed by atoms with van der Waals surface area (Å²) in [5, 5.41) is 5.60. The number of esters is 1. The van der Waals surface area contributed by atoms with Gasteiger partial charge in [0.2, 0.25) is 11.8 Å². The van der Waals surface area contributed by atoms with Crippen molar-refractivity contribution in [3.05, 3.63) is 77.6 Å². The molecular weight excluding hydrogens is 823 g/mol. The van der Waals surface area contributed by atoms with Gasteiger partial charge in [0, 0.05) is 74.8 Å². The van der Waals surface area contributed by atoms with Crippen LogP contribution >= 0.6 is 0 Å². The quantitative estimate of drug-likeness (QED) is 0.184. The maximum absolute atomic E-state index is 14.7. The fourth-order valence-electron chi connectivity index (χ4n) is 10.3. The van der Waals surface area contributed by atoms with Crippen LogP contribution in [0.2, 0.25) is 0 Å². The van der Waals surface area contributed by atoms with Crippen molar-refractivity contribution in [3.63, 3.8) is 0 Å². The predicted molar refractivity (Wildman–Crippen MR) is 246 cm³/mol. The maximum atomic E-state index is 14.7. The number of likely N-dealkylation sites (tertiary alicyclic amines) is 2. The van der Waals surface area contributed by atoms with Crippen LogP contribution in [0.5, 0.6) is 0 Å². The molecule has 1 unspecified atom stereocenters. The maximum Gasteiger partial charge on any atom is 0.324 e. The van der Waals surface area contributed by atoms with Crippen LogP contribution in [0.3, 0.4) is 0 Å². The van der Waals surface area contributed by atoms with Crippen molar-refractivity contribution >= 4 is 40.5 Å². The molecule has 14 heteroatoms. The molecule has 4 aliphatic heterocycles. The third kappa shape index (κ3) is 8.76. The first-order chi connectivity index (χ1) is 31.0. The van der Waals surface area contributed by atoms with Crippen molar-refractivity contribution in [2.45, 2.75) is 97.9 Å². The molecule has 342 valence electrons. The first-order valence-corrected chi connectivity index (χ1v) is 22.8. The average molecular weight is 884 g/mol.